The fourth-order valence-electron chi connectivity index (χ4n) is 1.22. The van der Waals surface area contributed by atoms with Crippen LogP contribution < -0.4 is 10.8 Å². The maximum Gasteiger partial charge on any atom is 0.348 e. The lowest BCUT2D eigenvalue weighted by atomic mass is 10.2. The van der Waals surface area contributed by atoms with Gasteiger partial charge in [-0.25, -0.2) is 4.79 Å². The monoisotopic (exact) mass is 218 g/mol. The fourth-order valence-corrected chi connectivity index (χ4v) is 1.42. The number of rotatable bonds is 3. The van der Waals surface area contributed by atoms with E-state index in [4.69, 9.17) is 0 Å². The maximum atomic E-state index is 11.2. The summed E-state index contributed by atoms with van der Waals surface area (Å²) in [6.07, 6.45) is 1.97. The van der Waals surface area contributed by atoms with Crippen LogP contribution in [-0.4, -0.2) is 30.2 Å². The van der Waals surface area contributed by atoms with E-state index >= 15 is 0 Å². The van der Waals surface area contributed by atoms with E-state index in [1.807, 2.05) is 0 Å². The minimum Gasteiger partial charge on any atom is -0.339 e. The van der Waals surface area contributed by atoms with Gasteiger partial charge >= 0.3 is 5.97 Å². The van der Waals surface area contributed by atoms with E-state index in [0.29, 0.717) is 5.75 Å². The van der Waals surface area contributed by atoms with Crippen LogP contribution >= 0.6 is 12.6 Å². The summed E-state index contributed by atoms with van der Waals surface area (Å²) in [6, 6.07) is -0.272. The van der Waals surface area contributed by atoms with Crippen LogP contribution in [0.3, 0.4) is 0 Å². The van der Waals surface area contributed by atoms with Crippen LogP contribution in [0.4, 0.5) is 0 Å². The summed E-state index contributed by atoms with van der Waals surface area (Å²) in [5.41, 5.74) is 2.08. The van der Waals surface area contributed by atoms with E-state index in [0.717, 1.165) is 19.4 Å². The molecule has 1 aliphatic heterocycles. The van der Waals surface area contributed by atoms with E-state index in [2.05, 4.69) is 28.3 Å². The molecule has 0 aromatic heterocycles. The van der Waals surface area contributed by atoms with Crippen LogP contribution in [0.1, 0.15) is 19.3 Å². The van der Waals surface area contributed by atoms with Crippen LogP contribution in [0, 0.1) is 0 Å². The number of carbonyl (C=O) groups is 2. The molecular weight excluding hydrogens is 204 g/mol. The van der Waals surface area contributed by atoms with Crippen molar-refractivity contribution < 1.29 is 14.4 Å². The Kier molecular flexibility index (Phi) is 4.75. The van der Waals surface area contributed by atoms with Gasteiger partial charge in [0.25, 0.3) is 5.91 Å². The Hall–Kier alpha value is -0.750. The first-order valence-electron chi connectivity index (χ1n) is 4.58. The van der Waals surface area contributed by atoms with E-state index in [9.17, 15) is 9.59 Å². The van der Waals surface area contributed by atoms with E-state index in [1.165, 1.54) is 0 Å². The largest absolute Gasteiger partial charge is 0.348 e. The van der Waals surface area contributed by atoms with Crippen LogP contribution in [0.25, 0.3) is 0 Å². The van der Waals surface area contributed by atoms with Crippen molar-refractivity contribution in [2.45, 2.75) is 25.3 Å². The van der Waals surface area contributed by atoms with Crippen LogP contribution in [-0.2, 0) is 14.4 Å². The molecule has 0 unspecified atom stereocenters. The highest BCUT2D eigenvalue weighted by atomic mass is 32.1. The fraction of sp³-hybridized carbons (Fsp3) is 0.750. The minimum absolute atomic E-state index is 0.245. The van der Waals surface area contributed by atoms with Crippen molar-refractivity contribution >= 4 is 24.5 Å². The summed E-state index contributed by atoms with van der Waals surface area (Å²) in [6.45, 7) is 0.824. The molecule has 5 nitrogen and oxygen atoms in total. The topological polar surface area (TPSA) is 67.4 Å². The molecule has 0 bridgehead atoms. The van der Waals surface area contributed by atoms with E-state index < -0.39 is 5.97 Å². The smallest absolute Gasteiger partial charge is 0.339 e. The molecule has 14 heavy (non-hydrogen) atoms. The van der Waals surface area contributed by atoms with Crippen molar-refractivity contribution in [3.05, 3.63) is 0 Å². The Morgan fingerprint density at radius 3 is 2.93 bits per heavy atom. The predicted molar refractivity (Wildman–Crippen MR) is 53.7 cm³/mol. The lowest BCUT2D eigenvalue weighted by Gasteiger charge is -2.09. The third-order valence-electron chi connectivity index (χ3n) is 1.95. The second kappa shape index (κ2) is 5.87. The quantitative estimate of drug-likeness (QED) is 0.447. The van der Waals surface area contributed by atoms with Gasteiger partial charge in [-0.2, -0.15) is 18.1 Å². The SMILES string of the molecule is O=C(CCS)NOC(=O)[C@@H]1CCCN1. The van der Waals surface area contributed by atoms with Crippen LogP contribution in [0.5, 0.6) is 0 Å². The zero-order chi connectivity index (χ0) is 10.4. The molecule has 2 N–H and O–H groups in total. The van der Waals surface area contributed by atoms with Gasteiger partial charge in [0.2, 0.25) is 0 Å². The summed E-state index contributed by atoms with van der Waals surface area (Å²) in [4.78, 5) is 26.7. The normalized spacial score (nSPS) is 20.5. The molecule has 6 heteroatoms. The van der Waals surface area contributed by atoms with Gasteiger partial charge in [0.05, 0.1) is 0 Å². The standard InChI is InChI=1S/C8H14N2O3S/c11-7(3-5-14)10-13-8(12)6-2-1-4-9-6/h6,9,14H,1-5H2,(H,10,11)/t6-/m0/s1. The lowest BCUT2D eigenvalue weighted by Crippen LogP contribution is -2.37. The van der Waals surface area contributed by atoms with E-state index in [1.54, 1.807) is 0 Å². The molecule has 1 amide bonds. The van der Waals surface area contributed by atoms with Crippen molar-refractivity contribution in [3.63, 3.8) is 0 Å². The summed E-state index contributed by atoms with van der Waals surface area (Å²) in [7, 11) is 0. The molecule has 0 aliphatic carbocycles. The van der Waals surface area contributed by atoms with Gasteiger partial charge in [-0.3, -0.25) is 4.79 Å². The Bertz CT molecular complexity index is 217. The number of hydrogen-bond acceptors (Lipinski definition) is 5. The summed E-state index contributed by atoms with van der Waals surface area (Å²) in [5, 5.41) is 2.97. The third kappa shape index (κ3) is 3.55. The maximum absolute atomic E-state index is 11.2. The zero-order valence-electron chi connectivity index (χ0n) is 7.78. The average Bonchev–Trinajstić information content (AvgIpc) is 2.67. The van der Waals surface area contributed by atoms with Crippen molar-refractivity contribution in [1.82, 2.24) is 10.8 Å². The van der Waals surface area contributed by atoms with Crippen molar-refractivity contribution in [2.75, 3.05) is 12.3 Å². The molecule has 1 atom stereocenters. The summed E-state index contributed by atoms with van der Waals surface area (Å²) < 4.78 is 0. The highest BCUT2D eigenvalue weighted by Crippen LogP contribution is 2.05. The molecule has 80 valence electrons. The molecule has 0 saturated carbocycles. The molecule has 1 fully saturated rings. The van der Waals surface area contributed by atoms with Crippen LogP contribution in [0.2, 0.25) is 0 Å². The van der Waals surface area contributed by atoms with Gasteiger partial charge in [-0.15, -0.1) is 0 Å². The number of hydroxylamine groups is 1. The Morgan fingerprint density at radius 1 is 1.57 bits per heavy atom. The van der Waals surface area contributed by atoms with Crippen molar-refractivity contribution in [3.8, 4) is 0 Å². The Morgan fingerprint density at radius 2 is 2.36 bits per heavy atom. The second-order valence-electron chi connectivity index (χ2n) is 3.07. The number of amides is 1. The number of nitrogens with one attached hydrogen (secondary N) is 2. The highest BCUT2D eigenvalue weighted by molar-refractivity contribution is 7.80. The molecule has 0 aromatic rings. The number of thiol groups is 1. The third-order valence-corrected chi connectivity index (χ3v) is 2.17. The Balaban J connectivity index is 2.17. The second-order valence-corrected chi connectivity index (χ2v) is 3.52. The van der Waals surface area contributed by atoms with Crippen molar-refractivity contribution in [1.29, 1.82) is 0 Å². The van der Waals surface area contributed by atoms with E-state index in [-0.39, 0.29) is 18.4 Å². The highest BCUT2D eigenvalue weighted by Gasteiger charge is 2.24. The molecule has 1 rings (SSSR count). The van der Waals surface area contributed by atoms with Gasteiger partial charge in [0.1, 0.15) is 6.04 Å². The summed E-state index contributed by atoms with van der Waals surface area (Å²) in [5.74, 6) is -0.313. The molecule has 0 spiro atoms. The molecule has 0 radical (unpaired) electrons. The first-order valence-corrected chi connectivity index (χ1v) is 5.21. The van der Waals surface area contributed by atoms with Gasteiger partial charge in [0.15, 0.2) is 0 Å². The predicted octanol–water partition coefficient (Wildman–Crippen LogP) is -0.367. The molecular formula is C8H14N2O3S. The number of hydrogen-bond donors (Lipinski definition) is 3. The first-order chi connectivity index (χ1) is 6.74. The van der Waals surface area contributed by atoms with Gasteiger partial charge < -0.3 is 10.2 Å². The van der Waals surface area contributed by atoms with Gasteiger partial charge in [-0.1, -0.05) is 0 Å². The van der Waals surface area contributed by atoms with Crippen LogP contribution in [0.15, 0.2) is 0 Å². The van der Waals surface area contributed by atoms with Crippen molar-refractivity contribution in [2.24, 2.45) is 0 Å². The molecule has 1 heterocycles. The molecule has 1 aliphatic rings. The minimum atomic E-state index is -0.421. The van der Waals surface area contributed by atoms with Gasteiger partial charge in [0, 0.05) is 6.42 Å². The Labute approximate surface area is 87.9 Å². The molecule has 0 aromatic carbocycles. The average molecular weight is 218 g/mol. The molecule has 1 saturated heterocycles. The summed E-state index contributed by atoms with van der Waals surface area (Å²) >= 11 is 3.88. The zero-order valence-corrected chi connectivity index (χ0v) is 8.68. The lowest BCUT2D eigenvalue weighted by molar-refractivity contribution is -0.159. The first kappa shape index (κ1) is 11.3. The van der Waals surface area contributed by atoms with Gasteiger partial charge in [-0.05, 0) is 25.1 Å². The number of carbonyl (C=O) groups excluding carboxylic acids is 2.